The molecule has 0 amide bonds. The largest absolute Gasteiger partial charge is 0.389 e. The Kier molecular flexibility index (Phi) is 3.28. The van der Waals surface area contributed by atoms with Crippen molar-refractivity contribution in [3.05, 3.63) is 29.3 Å². The minimum Gasteiger partial charge on any atom is -0.389 e. The Morgan fingerprint density at radius 2 is 2.00 bits per heavy atom. The number of thiocarbonyl (C=S) groups is 1. The second-order valence-electron chi connectivity index (χ2n) is 4.49. The molecule has 0 spiro atoms. The van der Waals surface area contributed by atoms with E-state index in [1.807, 2.05) is 0 Å². The van der Waals surface area contributed by atoms with Crippen molar-refractivity contribution in [2.75, 3.05) is 18.0 Å². The van der Waals surface area contributed by atoms with E-state index in [9.17, 15) is 8.78 Å². The maximum absolute atomic E-state index is 13.9. The minimum absolute atomic E-state index is 0.00383. The third-order valence-electron chi connectivity index (χ3n) is 3.04. The second-order valence-corrected chi connectivity index (χ2v) is 4.93. The fourth-order valence-corrected chi connectivity index (χ4v) is 2.27. The number of hydrogen-bond acceptors (Lipinski definition) is 2. The zero-order valence-corrected chi connectivity index (χ0v) is 10.4. The fraction of sp³-hybridized carbons (Fsp3) is 0.417. The van der Waals surface area contributed by atoms with Crippen molar-refractivity contribution in [1.82, 2.24) is 0 Å². The smallest absolute Gasteiger partial charge is 0.150 e. The predicted molar refractivity (Wildman–Crippen MR) is 68.2 cm³/mol. The van der Waals surface area contributed by atoms with Crippen LogP contribution >= 0.6 is 12.2 Å². The van der Waals surface area contributed by atoms with E-state index in [0.717, 1.165) is 6.42 Å². The van der Waals surface area contributed by atoms with E-state index in [0.29, 0.717) is 19.0 Å². The summed E-state index contributed by atoms with van der Waals surface area (Å²) in [6.07, 6.45) is 0.954. The van der Waals surface area contributed by atoms with Gasteiger partial charge in [-0.15, -0.1) is 0 Å². The summed E-state index contributed by atoms with van der Waals surface area (Å²) in [6, 6.07) is 2.40. The lowest BCUT2D eigenvalue weighted by atomic mass is 10.1. The van der Waals surface area contributed by atoms with Gasteiger partial charge in [0.25, 0.3) is 0 Å². The van der Waals surface area contributed by atoms with Crippen molar-refractivity contribution in [2.24, 2.45) is 11.7 Å². The number of nitrogens with zero attached hydrogens (tertiary/aromatic N) is 1. The molecule has 1 atom stereocenters. The maximum Gasteiger partial charge on any atom is 0.150 e. The zero-order valence-electron chi connectivity index (χ0n) is 9.54. The Labute approximate surface area is 104 Å². The highest BCUT2D eigenvalue weighted by Crippen LogP contribution is 2.29. The molecule has 1 aliphatic rings. The second kappa shape index (κ2) is 4.56. The van der Waals surface area contributed by atoms with Crippen LogP contribution in [0.25, 0.3) is 0 Å². The summed E-state index contributed by atoms with van der Waals surface area (Å²) in [5, 5.41) is 0. The minimum atomic E-state index is -0.595. The number of anilines is 1. The molecule has 0 bridgehead atoms. The molecule has 1 aliphatic heterocycles. The molecule has 0 aromatic heterocycles. The lowest BCUT2D eigenvalue weighted by Crippen LogP contribution is -2.22. The summed E-state index contributed by atoms with van der Waals surface area (Å²) in [7, 11) is 0. The summed E-state index contributed by atoms with van der Waals surface area (Å²) in [5.74, 6) is -0.729. The molecule has 17 heavy (non-hydrogen) atoms. The molecule has 0 radical (unpaired) electrons. The SMILES string of the molecule is CC1CCN(c2c(F)cc(C(N)=S)cc2F)C1. The predicted octanol–water partition coefficient (Wildman–Crippen LogP) is 2.45. The van der Waals surface area contributed by atoms with Crippen molar-refractivity contribution in [1.29, 1.82) is 0 Å². The average Bonchev–Trinajstić information content (AvgIpc) is 2.63. The molecule has 0 aliphatic carbocycles. The van der Waals surface area contributed by atoms with Gasteiger partial charge in [-0.3, -0.25) is 0 Å². The monoisotopic (exact) mass is 256 g/mol. The standard InChI is InChI=1S/C12H14F2N2S/c1-7-2-3-16(6-7)11-9(13)4-8(12(15)17)5-10(11)14/h4-5,7H,2-3,6H2,1H3,(H2,15,17). The molecular weight excluding hydrogens is 242 g/mol. The van der Waals surface area contributed by atoms with Gasteiger partial charge in [0.05, 0.1) is 0 Å². The normalized spacial score (nSPS) is 19.7. The van der Waals surface area contributed by atoms with Gasteiger partial charge >= 0.3 is 0 Å². The topological polar surface area (TPSA) is 29.3 Å². The van der Waals surface area contributed by atoms with Gasteiger partial charge in [0, 0.05) is 18.7 Å². The molecule has 1 aromatic carbocycles. The number of hydrogen-bond donors (Lipinski definition) is 1. The van der Waals surface area contributed by atoms with Gasteiger partial charge in [-0.05, 0) is 24.5 Å². The van der Waals surface area contributed by atoms with Crippen LogP contribution < -0.4 is 10.6 Å². The van der Waals surface area contributed by atoms with Crippen LogP contribution in [-0.4, -0.2) is 18.1 Å². The van der Waals surface area contributed by atoms with Gasteiger partial charge in [0.2, 0.25) is 0 Å². The summed E-state index contributed by atoms with van der Waals surface area (Å²) in [6.45, 7) is 3.43. The Morgan fingerprint density at radius 1 is 1.41 bits per heavy atom. The van der Waals surface area contributed by atoms with Crippen LogP contribution in [0.1, 0.15) is 18.9 Å². The highest BCUT2D eigenvalue weighted by Gasteiger charge is 2.24. The van der Waals surface area contributed by atoms with E-state index in [4.69, 9.17) is 18.0 Å². The van der Waals surface area contributed by atoms with Crippen LogP contribution in [-0.2, 0) is 0 Å². The van der Waals surface area contributed by atoms with Crippen molar-refractivity contribution in [3.8, 4) is 0 Å². The van der Waals surface area contributed by atoms with Crippen LogP contribution in [0.4, 0.5) is 14.5 Å². The van der Waals surface area contributed by atoms with E-state index < -0.39 is 11.6 Å². The van der Waals surface area contributed by atoms with Crippen LogP contribution in [0.5, 0.6) is 0 Å². The van der Waals surface area contributed by atoms with E-state index >= 15 is 0 Å². The first-order valence-electron chi connectivity index (χ1n) is 5.53. The first kappa shape index (κ1) is 12.2. The van der Waals surface area contributed by atoms with Gasteiger partial charge < -0.3 is 10.6 Å². The van der Waals surface area contributed by atoms with Crippen LogP contribution in [0, 0.1) is 17.6 Å². The van der Waals surface area contributed by atoms with E-state index in [-0.39, 0.29) is 16.2 Å². The lowest BCUT2D eigenvalue weighted by molar-refractivity contribution is 0.575. The Hall–Kier alpha value is -1.23. The van der Waals surface area contributed by atoms with Gasteiger partial charge in [0.1, 0.15) is 22.3 Å². The Bertz CT molecular complexity index is 439. The molecule has 2 N–H and O–H groups in total. The summed E-state index contributed by atoms with van der Waals surface area (Å²) in [4.78, 5) is 1.74. The summed E-state index contributed by atoms with van der Waals surface area (Å²) >= 11 is 4.71. The first-order valence-corrected chi connectivity index (χ1v) is 5.93. The highest BCUT2D eigenvalue weighted by atomic mass is 32.1. The van der Waals surface area contributed by atoms with E-state index in [2.05, 4.69) is 6.92 Å². The molecule has 1 saturated heterocycles. The van der Waals surface area contributed by atoms with Crippen molar-refractivity contribution in [2.45, 2.75) is 13.3 Å². The number of nitrogens with two attached hydrogens (primary N) is 1. The van der Waals surface area contributed by atoms with Gasteiger partial charge in [-0.25, -0.2) is 8.78 Å². The number of rotatable bonds is 2. The first-order chi connectivity index (χ1) is 7.99. The van der Waals surface area contributed by atoms with E-state index in [1.54, 1.807) is 4.90 Å². The van der Waals surface area contributed by atoms with Crippen molar-refractivity contribution < 1.29 is 8.78 Å². The molecule has 1 heterocycles. The Morgan fingerprint density at radius 3 is 2.41 bits per heavy atom. The molecule has 5 heteroatoms. The maximum atomic E-state index is 13.9. The van der Waals surface area contributed by atoms with Gasteiger partial charge in [-0.1, -0.05) is 19.1 Å². The molecule has 92 valence electrons. The summed E-state index contributed by atoms with van der Waals surface area (Å²) < 4.78 is 27.7. The van der Waals surface area contributed by atoms with Crippen molar-refractivity contribution >= 4 is 22.9 Å². The molecule has 2 rings (SSSR count). The quantitative estimate of drug-likeness (QED) is 0.824. The molecule has 1 aromatic rings. The number of halogens is 2. The molecule has 1 unspecified atom stereocenters. The fourth-order valence-electron chi connectivity index (χ4n) is 2.15. The summed E-state index contributed by atoms with van der Waals surface area (Å²) in [5.41, 5.74) is 5.63. The lowest BCUT2D eigenvalue weighted by Gasteiger charge is -2.20. The molecule has 1 fully saturated rings. The zero-order chi connectivity index (χ0) is 12.6. The third kappa shape index (κ3) is 2.39. The molecule has 0 saturated carbocycles. The Balaban J connectivity index is 2.38. The molecular formula is C12H14F2N2S. The van der Waals surface area contributed by atoms with Gasteiger partial charge in [-0.2, -0.15) is 0 Å². The van der Waals surface area contributed by atoms with Crippen LogP contribution in [0.2, 0.25) is 0 Å². The van der Waals surface area contributed by atoms with Crippen LogP contribution in [0.15, 0.2) is 12.1 Å². The van der Waals surface area contributed by atoms with Gasteiger partial charge in [0.15, 0.2) is 0 Å². The van der Waals surface area contributed by atoms with E-state index in [1.165, 1.54) is 12.1 Å². The van der Waals surface area contributed by atoms with Crippen molar-refractivity contribution in [3.63, 3.8) is 0 Å². The average molecular weight is 256 g/mol. The third-order valence-corrected chi connectivity index (χ3v) is 3.28. The number of benzene rings is 1. The van der Waals surface area contributed by atoms with Crippen LogP contribution in [0.3, 0.4) is 0 Å². The molecule has 2 nitrogen and oxygen atoms in total. The highest BCUT2D eigenvalue weighted by molar-refractivity contribution is 7.80.